The summed E-state index contributed by atoms with van der Waals surface area (Å²) < 4.78 is 12.0. The Balaban J connectivity index is 1.43. The van der Waals surface area contributed by atoms with E-state index in [2.05, 4.69) is 24.8 Å². The van der Waals surface area contributed by atoms with Crippen molar-refractivity contribution < 1.29 is 9.47 Å². The maximum absolute atomic E-state index is 6.14. The van der Waals surface area contributed by atoms with E-state index in [1.54, 1.807) is 30.9 Å². The van der Waals surface area contributed by atoms with Crippen molar-refractivity contribution in [2.24, 2.45) is 0 Å². The van der Waals surface area contributed by atoms with Gasteiger partial charge in [0.2, 0.25) is 5.95 Å². The van der Waals surface area contributed by atoms with Crippen molar-refractivity contribution in [2.45, 2.75) is 31.0 Å². The Kier molecular flexibility index (Phi) is 3.78. The van der Waals surface area contributed by atoms with Crippen LogP contribution in [0.5, 0.6) is 6.01 Å². The number of piperidine rings is 1. The van der Waals surface area contributed by atoms with Crippen molar-refractivity contribution >= 4 is 5.95 Å². The van der Waals surface area contributed by atoms with Gasteiger partial charge < -0.3 is 14.4 Å². The second-order valence-corrected chi connectivity index (χ2v) is 6.04. The molecule has 1 spiro atoms. The molecule has 2 aromatic heterocycles. The Labute approximate surface area is 134 Å². The quantitative estimate of drug-likeness (QED) is 0.849. The summed E-state index contributed by atoms with van der Waals surface area (Å²) >= 11 is 0. The van der Waals surface area contributed by atoms with Gasteiger partial charge in [0.05, 0.1) is 12.2 Å². The standard InChI is InChI=1S/C16H19N5O2/c1-4-16(12-21(9-1)14-17-5-2-6-18-14)10-13(11-22-16)23-15-19-7-3-8-20-15/h2-3,5-8,13H,1,4,9-12H2/t13-,16+/m1/s1. The molecule has 2 aliphatic heterocycles. The highest BCUT2D eigenvalue weighted by Crippen LogP contribution is 2.36. The summed E-state index contributed by atoms with van der Waals surface area (Å²) in [7, 11) is 0. The summed E-state index contributed by atoms with van der Waals surface area (Å²) in [6, 6.07) is 4.02. The minimum Gasteiger partial charge on any atom is -0.458 e. The number of anilines is 1. The van der Waals surface area contributed by atoms with Crippen LogP contribution in [0.2, 0.25) is 0 Å². The van der Waals surface area contributed by atoms with E-state index in [0.717, 1.165) is 38.3 Å². The first kappa shape index (κ1) is 14.3. The van der Waals surface area contributed by atoms with E-state index in [0.29, 0.717) is 12.6 Å². The zero-order chi connectivity index (χ0) is 15.5. The van der Waals surface area contributed by atoms with Crippen LogP contribution < -0.4 is 9.64 Å². The molecule has 0 aromatic carbocycles. The van der Waals surface area contributed by atoms with Crippen LogP contribution in [0.4, 0.5) is 5.95 Å². The first-order chi connectivity index (χ1) is 11.3. The summed E-state index contributed by atoms with van der Waals surface area (Å²) in [5, 5.41) is 0. The van der Waals surface area contributed by atoms with Gasteiger partial charge in [0, 0.05) is 44.3 Å². The number of nitrogens with zero attached hydrogens (tertiary/aromatic N) is 5. The fraction of sp³-hybridized carbons (Fsp3) is 0.500. The van der Waals surface area contributed by atoms with Gasteiger partial charge in [0.15, 0.2) is 0 Å². The molecule has 0 bridgehead atoms. The molecule has 7 nitrogen and oxygen atoms in total. The fourth-order valence-corrected chi connectivity index (χ4v) is 3.38. The van der Waals surface area contributed by atoms with Gasteiger partial charge in [-0.05, 0) is 25.0 Å². The molecule has 0 unspecified atom stereocenters. The predicted molar refractivity (Wildman–Crippen MR) is 83.2 cm³/mol. The third-order valence-corrected chi connectivity index (χ3v) is 4.36. The van der Waals surface area contributed by atoms with Crippen molar-refractivity contribution in [1.82, 2.24) is 19.9 Å². The Bertz CT molecular complexity index is 641. The van der Waals surface area contributed by atoms with E-state index in [-0.39, 0.29) is 11.7 Å². The van der Waals surface area contributed by atoms with Crippen molar-refractivity contribution in [1.29, 1.82) is 0 Å². The third kappa shape index (κ3) is 3.10. The van der Waals surface area contributed by atoms with Crippen molar-refractivity contribution in [3.05, 3.63) is 36.9 Å². The SMILES string of the molecule is c1cnc(O[C@H]2CO[C@@]3(CCCN(c4ncccn4)C3)C2)nc1. The molecule has 0 aliphatic carbocycles. The molecule has 4 rings (SSSR count). The number of hydrogen-bond donors (Lipinski definition) is 0. The van der Waals surface area contributed by atoms with E-state index in [4.69, 9.17) is 9.47 Å². The van der Waals surface area contributed by atoms with Gasteiger partial charge in [-0.15, -0.1) is 0 Å². The highest BCUT2D eigenvalue weighted by molar-refractivity contribution is 5.31. The molecule has 0 amide bonds. The maximum Gasteiger partial charge on any atom is 0.316 e. The molecule has 2 fully saturated rings. The van der Waals surface area contributed by atoms with Crippen LogP contribution in [-0.2, 0) is 4.74 Å². The molecule has 2 aliphatic rings. The fourth-order valence-electron chi connectivity index (χ4n) is 3.38. The minimum atomic E-state index is -0.184. The van der Waals surface area contributed by atoms with E-state index >= 15 is 0 Å². The highest BCUT2D eigenvalue weighted by atomic mass is 16.6. The Morgan fingerprint density at radius 3 is 2.61 bits per heavy atom. The lowest BCUT2D eigenvalue weighted by Gasteiger charge is -2.39. The van der Waals surface area contributed by atoms with Gasteiger partial charge in [-0.1, -0.05) is 0 Å². The van der Waals surface area contributed by atoms with Crippen LogP contribution in [0.1, 0.15) is 19.3 Å². The van der Waals surface area contributed by atoms with Gasteiger partial charge in [0.25, 0.3) is 0 Å². The average Bonchev–Trinajstić information content (AvgIpc) is 2.98. The zero-order valence-electron chi connectivity index (χ0n) is 12.8. The van der Waals surface area contributed by atoms with Crippen molar-refractivity contribution in [3.63, 3.8) is 0 Å². The van der Waals surface area contributed by atoms with E-state index in [1.165, 1.54) is 0 Å². The van der Waals surface area contributed by atoms with E-state index in [9.17, 15) is 0 Å². The first-order valence-electron chi connectivity index (χ1n) is 7.93. The number of rotatable bonds is 3. The van der Waals surface area contributed by atoms with Crippen LogP contribution in [0.3, 0.4) is 0 Å². The summed E-state index contributed by atoms with van der Waals surface area (Å²) in [5.41, 5.74) is -0.184. The van der Waals surface area contributed by atoms with Crippen LogP contribution in [0.15, 0.2) is 36.9 Å². The van der Waals surface area contributed by atoms with Crippen LogP contribution in [0, 0.1) is 0 Å². The molecule has 0 saturated carbocycles. The van der Waals surface area contributed by atoms with Crippen LogP contribution in [0.25, 0.3) is 0 Å². The number of aromatic nitrogens is 4. The molecule has 0 N–H and O–H groups in total. The average molecular weight is 313 g/mol. The van der Waals surface area contributed by atoms with Gasteiger partial charge >= 0.3 is 6.01 Å². The van der Waals surface area contributed by atoms with Crippen LogP contribution in [-0.4, -0.2) is 51.3 Å². The monoisotopic (exact) mass is 313 g/mol. The smallest absolute Gasteiger partial charge is 0.316 e. The van der Waals surface area contributed by atoms with E-state index < -0.39 is 0 Å². The zero-order valence-corrected chi connectivity index (χ0v) is 12.8. The molecule has 120 valence electrons. The molecule has 2 saturated heterocycles. The van der Waals surface area contributed by atoms with Crippen molar-refractivity contribution in [2.75, 3.05) is 24.6 Å². The summed E-state index contributed by atoms with van der Waals surface area (Å²) in [6.07, 6.45) is 9.85. The highest BCUT2D eigenvalue weighted by Gasteiger charge is 2.45. The molecule has 23 heavy (non-hydrogen) atoms. The van der Waals surface area contributed by atoms with Gasteiger partial charge in [-0.25, -0.2) is 19.9 Å². The molecular weight excluding hydrogens is 294 g/mol. The maximum atomic E-state index is 6.14. The summed E-state index contributed by atoms with van der Waals surface area (Å²) in [5.74, 6) is 0.769. The summed E-state index contributed by atoms with van der Waals surface area (Å²) in [4.78, 5) is 19.1. The second-order valence-electron chi connectivity index (χ2n) is 6.04. The summed E-state index contributed by atoms with van der Waals surface area (Å²) in [6.45, 7) is 2.33. The molecule has 2 atom stereocenters. The Morgan fingerprint density at radius 1 is 1.09 bits per heavy atom. The lowest BCUT2D eigenvalue weighted by Crippen LogP contribution is -2.48. The third-order valence-electron chi connectivity index (χ3n) is 4.36. The lowest BCUT2D eigenvalue weighted by atomic mass is 9.89. The molecule has 2 aromatic rings. The lowest BCUT2D eigenvalue weighted by molar-refractivity contribution is -0.00858. The Hall–Kier alpha value is -2.28. The van der Waals surface area contributed by atoms with Gasteiger partial charge in [-0.3, -0.25) is 0 Å². The molecular formula is C16H19N5O2. The Morgan fingerprint density at radius 2 is 1.83 bits per heavy atom. The molecule has 4 heterocycles. The molecule has 0 radical (unpaired) electrons. The van der Waals surface area contributed by atoms with Crippen molar-refractivity contribution in [3.8, 4) is 6.01 Å². The van der Waals surface area contributed by atoms with E-state index in [1.807, 2.05) is 6.07 Å². The first-order valence-corrected chi connectivity index (χ1v) is 7.93. The number of hydrogen-bond acceptors (Lipinski definition) is 7. The second kappa shape index (κ2) is 6.08. The topological polar surface area (TPSA) is 73.3 Å². The largest absolute Gasteiger partial charge is 0.458 e. The van der Waals surface area contributed by atoms with Gasteiger partial charge in [-0.2, -0.15) is 0 Å². The number of ether oxygens (including phenoxy) is 2. The minimum absolute atomic E-state index is 0.00552. The van der Waals surface area contributed by atoms with Crippen LogP contribution >= 0.6 is 0 Å². The predicted octanol–water partition coefficient (Wildman–Crippen LogP) is 1.47. The van der Waals surface area contributed by atoms with Gasteiger partial charge in [0.1, 0.15) is 6.10 Å². The molecule has 7 heteroatoms. The normalized spacial score (nSPS) is 27.3.